The number of sulfonamides is 1. The average Bonchev–Trinajstić information content (AvgIpc) is 3.49. The minimum atomic E-state index is -4.50. The standard InChI is InChI=1S/C21H23F3N2O2S.ClH/c22-21(23,24)18-4-7-20(8-5-18)29(27,28)25-19-6-3-16-9-11-26(14-15-1-2-15)12-10-17(16)13-19;/h3-8,13,15,25H,1-2,9-12,14H2;1H. The Hall–Kier alpha value is -1.77. The van der Waals surface area contributed by atoms with Gasteiger partial charge in [0.15, 0.2) is 0 Å². The summed E-state index contributed by atoms with van der Waals surface area (Å²) in [4.78, 5) is 2.28. The summed E-state index contributed by atoms with van der Waals surface area (Å²) in [6.45, 7) is 3.11. The Balaban J connectivity index is 0.00000256. The van der Waals surface area contributed by atoms with Crippen molar-refractivity contribution in [1.82, 2.24) is 4.90 Å². The smallest absolute Gasteiger partial charge is 0.302 e. The monoisotopic (exact) mass is 460 g/mol. The Bertz CT molecular complexity index is 990. The number of halogens is 4. The zero-order valence-corrected chi connectivity index (χ0v) is 17.9. The van der Waals surface area contributed by atoms with Crippen LogP contribution in [0.25, 0.3) is 0 Å². The molecule has 0 radical (unpaired) electrons. The second kappa shape index (κ2) is 8.77. The third-order valence-electron chi connectivity index (χ3n) is 5.56. The van der Waals surface area contributed by atoms with E-state index in [0.717, 1.165) is 68.2 Å². The highest BCUT2D eigenvalue weighted by Crippen LogP contribution is 2.31. The first kappa shape index (κ1) is 22.9. The van der Waals surface area contributed by atoms with E-state index in [9.17, 15) is 21.6 Å². The normalized spacial score (nSPS) is 17.6. The molecule has 164 valence electrons. The average molecular weight is 461 g/mol. The van der Waals surface area contributed by atoms with E-state index in [1.54, 1.807) is 6.07 Å². The lowest BCUT2D eigenvalue weighted by molar-refractivity contribution is -0.137. The SMILES string of the molecule is Cl.O=S(=O)(Nc1ccc2c(c1)CCN(CC1CC1)CC2)c1ccc(C(F)(F)F)cc1. The van der Waals surface area contributed by atoms with Gasteiger partial charge in [0.2, 0.25) is 0 Å². The number of hydrogen-bond acceptors (Lipinski definition) is 3. The van der Waals surface area contributed by atoms with Gasteiger partial charge in [0.25, 0.3) is 10.0 Å². The summed E-state index contributed by atoms with van der Waals surface area (Å²) < 4.78 is 65.7. The third kappa shape index (κ3) is 5.47. The minimum Gasteiger partial charge on any atom is -0.302 e. The van der Waals surface area contributed by atoms with Crippen LogP contribution in [0.2, 0.25) is 0 Å². The Kier molecular flexibility index (Phi) is 6.69. The second-order valence-corrected chi connectivity index (χ2v) is 9.54. The van der Waals surface area contributed by atoms with Gasteiger partial charge in [0, 0.05) is 25.3 Å². The molecule has 1 aliphatic carbocycles. The second-order valence-electron chi connectivity index (χ2n) is 7.86. The molecule has 0 aromatic heterocycles. The van der Waals surface area contributed by atoms with Gasteiger partial charge in [-0.2, -0.15) is 13.2 Å². The number of nitrogens with zero attached hydrogens (tertiary/aromatic N) is 1. The summed E-state index contributed by atoms with van der Waals surface area (Å²) in [5.74, 6) is 0.835. The van der Waals surface area contributed by atoms with Gasteiger partial charge >= 0.3 is 6.18 Å². The summed E-state index contributed by atoms with van der Waals surface area (Å²) in [6, 6.07) is 9.02. The molecule has 2 aromatic rings. The van der Waals surface area contributed by atoms with E-state index >= 15 is 0 Å². The molecule has 1 N–H and O–H groups in total. The van der Waals surface area contributed by atoms with Crippen molar-refractivity contribution in [2.45, 2.75) is 36.8 Å². The van der Waals surface area contributed by atoms with Gasteiger partial charge in [-0.05, 0) is 79.1 Å². The Morgan fingerprint density at radius 1 is 0.967 bits per heavy atom. The number of hydrogen-bond donors (Lipinski definition) is 1. The summed E-state index contributed by atoms with van der Waals surface area (Å²) in [5, 5.41) is 0. The highest BCUT2D eigenvalue weighted by Gasteiger charge is 2.30. The first-order valence-electron chi connectivity index (χ1n) is 9.75. The molecule has 4 nitrogen and oxygen atoms in total. The van der Waals surface area contributed by atoms with E-state index in [1.807, 2.05) is 12.1 Å². The van der Waals surface area contributed by atoms with E-state index in [1.165, 1.54) is 18.4 Å². The van der Waals surface area contributed by atoms with Crippen LogP contribution in [0.5, 0.6) is 0 Å². The lowest BCUT2D eigenvalue weighted by Crippen LogP contribution is -2.28. The van der Waals surface area contributed by atoms with Gasteiger partial charge in [-0.1, -0.05) is 6.07 Å². The maximum absolute atomic E-state index is 12.7. The highest BCUT2D eigenvalue weighted by molar-refractivity contribution is 7.92. The predicted octanol–water partition coefficient (Wildman–Crippen LogP) is 4.74. The van der Waals surface area contributed by atoms with Crippen molar-refractivity contribution in [2.75, 3.05) is 24.4 Å². The Labute approximate surface area is 180 Å². The first-order valence-corrected chi connectivity index (χ1v) is 11.2. The van der Waals surface area contributed by atoms with Gasteiger partial charge in [0.05, 0.1) is 10.5 Å². The molecule has 2 aromatic carbocycles. The van der Waals surface area contributed by atoms with Crippen molar-refractivity contribution in [2.24, 2.45) is 5.92 Å². The fraction of sp³-hybridized carbons (Fsp3) is 0.429. The van der Waals surface area contributed by atoms with E-state index in [-0.39, 0.29) is 17.3 Å². The largest absolute Gasteiger partial charge is 0.416 e. The lowest BCUT2D eigenvalue weighted by Gasteiger charge is -2.18. The van der Waals surface area contributed by atoms with E-state index < -0.39 is 21.8 Å². The van der Waals surface area contributed by atoms with Crippen LogP contribution in [0.15, 0.2) is 47.4 Å². The quantitative estimate of drug-likeness (QED) is 0.701. The maximum Gasteiger partial charge on any atom is 0.416 e. The molecule has 0 amide bonds. The van der Waals surface area contributed by atoms with Crippen molar-refractivity contribution in [3.63, 3.8) is 0 Å². The molecule has 1 heterocycles. The molecule has 1 aliphatic heterocycles. The van der Waals surface area contributed by atoms with Gasteiger partial charge in [-0.25, -0.2) is 8.42 Å². The molecule has 0 saturated heterocycles. The lowest BCUT2D eigenvalue weighted by atomic mass is 10.0. The van der Waals surface area contributed by atoms with Crippen molar-refractivity contribution in [1.29, 1.82) is 0 Å². The van der Waals surface area contributed by atoms with Crippen LogP contribution in [0.3, 0.4) is 0 Å². The van der Waals surface area contributed by atoms with Gasteiger partial charge in [-0.15, -0.1) is 12.4 Å². The first-order chi connectivity index (χ1) is 13.7. The van der Waals surface area contributed by atoms with Crippen LogP contribution >= 0.6 is 12.4 Å². The van der Waals surface area contributed by atoms with Crippen LogP contribution < -0.4 is 4.72 Å². The summed E-state index contributed by atoms with van der Waals surface area (Å²) in [6.07, 6.45) is -0.0648. The van der Waals surface area contributed by atoms with Crippen molar-refractivity contribution < 1.29 is 21.6 Å². The Morgan fingerprint density at radius 3 is 2.20 bits per heavy atom. The topological polar surface area (TPSA) is 49.4 Å². The molecule has 30 heavy (non-hydrogen) atoms. The van der Waals surface area contributed by atoms with Crippen molar-refractivity contribution in [3.8, 4) is 0 Å². The van der Waals surface area contributed by atoms with Crippen LogP contribution in [-0.2, 0) is 29.0 Å². The fourth-order valence-electron chi connectivity index (χ4n) is 3.72. The Morgan fingerprint density at radius 2 is 1.60 bits per heavy atom. The van der Waals surface area contributed by atoms with Crippen molar-refractivity contribution >= 4 is 28.1 Å². The van der Waals surface area contributed by atoms with E-state index in [0.29, 0.717) is 5.69 Å². The van der Waals surface area contributed by atoms with Crippen LogP contribution in [0.4, 0.5) is 18.9 Å². The predicted molar refractivity (Wildman–Crippen MR) is 113 cm³/mol. The molecular weight excluding hydrogens is 437 g/mol. The molecule has 0 bridgehead atoms. The molecular formula is C21H24ClF3N2O2S. The molecule has 0 spiro atoms. The van der Waals surface area contributed by atoms with E-state index in [2.05, 4.69) is 9.62 Å². The van der Waals surface area contributed by atoms with Gasteiger partial charge < -0.3 is 4.90 Å². The molecule has 9 heteroatoms. The fourth-order valence-corrected chi connectivity index (χ4v) is 4.77. The minimum absolute atomic E-state index is 0. The van der Waals surface area contributed by atoms with Crippen LogP contribution in [0.1, 0.15) is 29.5 Å². The number of benzene rings is 2. The van der Waals surface area contributed by atoms with Gasteiger partial charge in [0.1, 0.15) is 0 Å². The highest BCUT2D eigenvalue weighted by atomic mass is 35.5. The number of rotatable bonds is 5. The third-order valence-corrected chi connectivity index (χ3v) is 6.96. The molecule has 1 fully saturated rings. The van der Waals surface area contributed by atoms with E-state index in [4.69, 9.17) is 0 Å². The van der Waals surface area contributed by atoms with Crippen molar-refractivity contribution in [3.05, 3.63) is 59.2 Å². The molecule has 1 saturated carbocycles. The molecule has 0 atom stereocenters. The number of nitrogens with one attached hydrogen (secondary N) is 1. The van der Waals surface area contributed by atoms with Crippen LogP contribution in [-0.4, -0.2) is 33.0 Å². The zero-order valence-electron chi connectivity index (χ0n) is 16.3. The summed E-state index contributed by atoms with van der Waals surface area (Å²) in [7, 11) is -3.96. The summed E-state index contributed by atoms with van der Waals surface area (Å²) in [5.41, 5.74) is 1.90. The number of anilines is 1. The zero-order chi connectivity index (χ0) is 20.6. The number of alkyl halides is 3. The maximum atomic E-state index is 12.7. The number of fused-ring (bicyclic) bond motifs is 1. The molecule has 0 unspecified atom stereocenters. The van der Waals surface area contributed by atoms with Gasteiger partial charge in [-0.3, -0.25) is 4.72 Å². The molecule has 4 rings (SSSR count). The molecule has 2 aliphatic rings. The van der Waals surface area contributed by atoms with Crippen LogP contribution in [0, 0.1) is 5.92 Å². The summed E-state index contributed by atoms with van der Waals surface area (Å²) >= 11 is 0.